The smallest absolute Gasteiger partial charge is 0.115 e. The average Bonchev–Trinajstić information content (AvgIpc) is 3.04. The first-order valence-electron chi connectivity index (χ1n) is 9.50. The lowest BCUT2D eigenvalue weighted by molar-refractivity contribution is 0.120. The van der Waals surface area contributed by atoms with E-state index in [0.29, 0.717) is 12.5 Å². The maximum atomic E-state index is 10.5. The van der Waals surface area contributed by atoms with Gasteiger partial charge >= 0.3 is 0 Å². The molecule has 3 atom stereocenters. The van der Waals surface area contributed by atoms with Gasteiger partial charge in [0.05, 0.1) is 6.10 Å². The number of nitrogens with zero attached hydrogens (tertiary/aromatic N) is 1. The van der Waals surface area contributed by atoms with Crippen molar-refractivity contribution in [3.05, 3.63) is 65.7 Å². The van der Waals surface area contributed by atoms with Crippen LogP contribution in [0.25, 0.3) is 0 Å². The number of aryl methyl sites for hydroxylation is 1. The summed E-state index contributed by atoms with van der Waals surface area (Å²) in [5.41, 5.74) is 2.18. The predicted octanol–water partition coefficient (Wildman–Crippen LogP) is 2.99. The number of hydrogen-bond acceptors (Lipinski definition) is 4. The van der Waals surface area contributed by atoms with E-state index in [0.717, 1.165) is 37.9 Å². The van der Waals surface area contributed by atoms with Gasteiger partial charge in [-0.3, -0.25) is 4.90 Å². The fourth-order valence-corrected chi connectivity index (χ4v) is 3.98. The van der Waals surface area contributed by atoms with Gasteiger partial charge in [-0.2, -0.15) is 0 Å². The molecule has 0 aromatic heterocycles. The van der Waals surface area contributed by atoms with Crippen LogP contribution in [-0.4, -0.2) is 46.5 Å². The SMILES string of the molecule is OC[C@H]1CN(C[C@H](O)c2ccc(O)cc2)C[C@H]1CCCc1ccccc1. The van der Waals surface area contributed by atoms with Gasteiger partial charge in [-0.05, 0) is 54.4 Å². The van der Waals surface area contributed by atoms with E-state index in [1.807, 2.05) is 6.07 Å². The van der Waals surface area contributed by atoms with Crippen molar-refractivity contribution in [3.8, 4) is 5.75 Å². The van der Waals surface area contributed by atoms with E-state index in [9.17, 15) is 15.3 Å². The van der Waals surface area contributed by atoms with Crippen molar-refractivity contribution in [2.45, 2.75) is 25.4 Å². The van der Waals surface area contributed by atoms with E-state index in [1.165, 1.54) is 5.56 Å². The van der Waals surface area contributed by atoms with E-state index in [2.05, 4.69) is 29.2 Å². The molecule has 3 rings (SSSR count). The van der Waals surface area contributed by atoms with E-state index in [4.69, 9.17) is 0 Å². The fraction of sp³-hybridized carbons (Fsp3) is 0.455. The zero-order valence-electron chi connectivity index (χ0n) is 15.2. The van der Waals surface area contributed by atoms with Crippen molar-refractivity contribution in [2.75, 3.05) is 26.2 Å². The van der Waals surface area contributed by atoms with Crippen LogP contribution in [0.15, 0.2) is 54.6 Å². The summed E-state index contributed by atoms with van der Waals surface area (Å²) >= 11 is 0. The Balaban J connectivity index is 1.49. The normalized spacial score (nSPS) is 21.8. The van der Waals surface area contributed by atoms with Crippen LogP contribution in [0.1, 0.15) is 30.1 Å². The molecule has 0 spiro atoms. The lowest BCUT2D eigenvalue weighted by atomic mass is 9.91. The highest BCUT2D eigenvalue weighted by Gasteiger charge is 2.32. The molecule has 0 amide bonds. The molecule has 1 heterocycles. The summed E-state index contributed by atoms with van der Waals surface area (Å²) in [5.74, 6) is 0.981. The Bertz CT molecular complexity index is 659. The molecule has 2 aromatic carbocycles. The minimum absolute atomic E-state index is 0.209. The largest absolute Gasteiger partial charge is 0.508 e. The maximum absolute atomic E-state index is 10.5. The Hall–Kier alpha value is -1.88. The van der Waals surface area contributed by atoms with Gasteiger partial charge in [0.25, 0.3) is 0 Å². The minimum atomic E-state index is -0.571. The third-order valence-electron chi connectivity index (χ3n) is 5.48. The number of aliphatic hydroxyl groups is 2. The van der Waals surface area contributed by atoms with Gasteiger partial charge in [0.1, 0.15) is 5.75 Å². The Labute approximate surface area is 155 Å². The molecule has 3 N–H and O–H groups in total. The zero-order chi connectivity index (χ0) is 18.4. The van der Waals surface area contributed by atoms with Gasteiger partial charge in [-0.15, -0.1) is 0 Å². The van der Waals surface area contributed by atoms with Crippen LogP contribution < -0.4 is 0 Å². The molecule has 0 unspecified atom stereocenters. The van der Waals surface area contributed by atoms with E-state index < -0.39 is 6.10 Å². The third kappa shape index (κ3) is 5.07. The van der Waals surface area contributed by atoms with Crippen molar-refractivity contribution < 1.29 is 15.3 Å². The topological polar surface area (TPSA) is 63.9 Å². The molecule has 4 nitrogen and oxygen atoms in total. The van der Waals surface area contributed by atoms with Crippen molar-refractivity contribution in [1.82, 2.24) is 4.90 Å². The van der Waals surface area contributed by atoms with Gasteiger partial charge in [0.15, 0.2) is 0 Å². The molecular weight excluding hydrogens is 326 g/mol. The van der Waals surface area contributed by atoms with Crippen LogP contribution in [0, 0.1) is 11.8 Å². The van der Waals surface area contributed by atoms with Crippen LogP contribution in [0.2, 0.25) is 0 Å². The first-order valence-corrected chi connectivity index (χ1v) is 9.50. The fourth-order valence-electron chi connectivity index (χ4n) is 3.98. The van der Waals surface area contributed by atoms with Crippen LogP contribution in [0.3, 0.4) is 0 Å². The molecule has 140 valence electrons. The Morgan fingerprint density at radius 1 is 0.962 bits per heavy atom. The number of benzene rings is 2. The van der Waals surface area contributed by atoms with Crippen LogP contribution in [-0.2, 0) is 6.42 Å². The number of likely N-dealkylation sites (tertiary alicyclic amines) is 1. The van der Waals surface area contributed by atoms with Gasteiger partial charge < -0.3 is 15.3 Å². The monoisotopic (exact) mass is 355 g/mol. The average molecular weight is 355 g/mol. The molecule has 4 heteroatoms. The number of β-amino-alcohol motifs (C(OH)–C–C–N with tert-alkyl or cyclic N) is 1. The van der Waals surface area contributed by atoms with Crippen molar-refractivity contribution in [1.29, 1.82) is 0 Å². The number of aliphatic hydroxyl groups excluding tert-OH is 2. The van der Waals surface area contributed by atoms with E-state index >= 15 is 0 Å². The summed E-state index contributed by atoms with van der Waals surface area (Å²) in [5, 5.41) is 29.6. The first kappa shape index (κ1) is 18.9. The Morgan fingerprint density at radius 2 is 1.65 bits per heavy atom. The number of rotatable bonds is 8. The second-order valence-corrected chi connectivity index (χ2v) is 7.41. The summed E-state index contributed by atoms with van der Waals surface area (Å²) in [4.78, 5) is 2.26. The summed E-state index contributed by atoms with van der Waals surface area (Å²) < 4.78 is 0. The quantitative estimate of drug-likeness (QED) is 0.681. The summed E-state index contributed by atoms with van der Waals surface area (Å²) in [6.07, 6.45) is 2.73. The first-order chi connectivity index (χ1) is 12.7. The second kappa shape index (κ2) is 9.17. The van der Waals surface area contributed by atoms with Crippen molar-refractivity contribution in [3.63, 3.8) is 0 Å². The van der Waals surface area contributed by atoms with Crippen LogP contribution in [0.5, 0.6) is 5.75 Å². The van der Waals surface area contributed by atoms with Gasteiger partial charge in [-0.1, -0.05) is 42.5 Å². The van der Waals surface area contributed by atoms with Gasteiger partial charge in [0, 0.05) is 26.2 Å². The highest BCUT2D eigenvalue weighted by atomic mass is 16.3. The van der Waals surface area contributed by atoms with Gasteiger partial charge in [-0.25, -0.2) is 0 Å². The Kier molecular flexibility index (Phi) is 6.67. The van der Waals surface area contributed by atoms with Crippen molar-refractivity contribution in [2.24, 2.45) is 11.8 Å². The predicted molar refractivity (Wildman–Crippen MR) is 103 cm³/mol. The van der Waals surface area contributed by atoms with Gasteiger partial charge in [0.2, 0.25) is 0 Å². The standard InChI is InChI=1S/C22H29NO3/c24-16-20-14-23(15-22(26)18-9-11-21(25)12-10-18)13-19(20)8-4-7-17-5-2-1-3-6-17/h1-3,5-6,9-12,19-20,22,24-26H,4,7-8,13-16H2/t19-,20-,22+/m1/s1. The molecule has 2 aromatic rings. The van der Waals surface area contributed by atoms with Crippen LogP contribution >= 0.6 is 0 Å². The molecule has 0 radical (unpaired) electrons. The molecule has 1 saturated heterocycles. The number of hydrogen-bond donors (Lipinski definition) is 3. The lowest BCUT2D eigenvalue weighted by Crippen LogP contribution is -2.27. The van der Waals surface area contributed by atoms with Crippen LogP contribution in [0.4, 0.5) is 0 Å². The molecule has 0 saturated carbocycles. The maximum Gasteiger partial charge on any atom is 0.115 e. The molecular formula is C22H29NO3. The molecule has 26 heavy (non-hydrogen) atoms. The molecule has 0 bridgehead atoms. The summed E-state index contributed by atoms with van der Waals surface area (Å²) in [6, 6.07) is 17.3. The van der Waals surface area contributed by atoms with Crippen molar-refractivity contribution >= 4 is 0 Å². The molecule has 0 aliphatic carbocycles. The third-order valence-corrected chi connectivity index (χ3v) is 5.48. The zero-order valence-corrected chi connectivity index (χ0v) is 15.2. The number of phenols is 1. The lowest BCUT2D eigenvalue weighted by Gasteiger charge is -2.20. The van der Waals surface area contributed by atoms with E-state index in [-0.39, 0.29) is 18.3 Å². The number of phenolic OH excluding ortho intramolecular Hbond substituents is 1. The summed E-state index contributed by atoms with van der Waals surface area (Å²) in [7, 11) is 0. The highest BCUT2D eigenvalue weighted by molar-refractivity contribution is 5.27. The second-order valence-electron chi connectivity index (χ2n) is 7.41. The number of aromatic hydroxyl groups is 1. The summed E-state index contributed by atoms with van der Waals surface area (Å²) in [6.45, 7) is 2.54. The highest BCUT2D eigenvalue weighted by Crippen LogP contribution is 2.29. The Morgan fingerprint density at radius 3 is 2.35 bits per heavy atom. The van der Waals surface area contributed by atoms with E-state index in [1.54, 1.807) is 24.3 Å². The molecule has 1 aliphatic rings. The molecule has 1 aliphatic heterocycles. The minimum Gasteiger partial charge on any atom is -0.508 e. The molecule has 1 fully saturated rings.